The average molecular weight is 499 g/mol. The molecule has 0 radical (unpaired) electrons. The monoisotopic (exact) mass is 499 g/mol. The second-order valence-corrected chi connectivity index (χ2v) is 8.08. The van der Waals surface area contributed by atoms with Crippen LogP contribution in [-0.2, 0) is 19.3 Å². The number of nitrogens with one attached hydrogen (secondary N) is 1. The number of hydrogen-bond acceptors (Lipinski definition) is 5. The van der Waals surface area contributed by atoms with E-state index in [0.717, 1.165) is 12.1 Å². The van der Waals surface area contributed by atoms with Crippen LogP contribution in [0.3, 0.4) is 0 Å². The predicted octanol–water partition coefficient (Wildman–Crippen LogP) is 5.79. The van der Waals surface area contributed by atoms with E-state index in [9.17, 15) is 22.0 Å². The van der Waals surface area contributed by atoms with Crippen LogP contribution in [-0.4, -0.2) is 33.3 Å². The summed E-state index contributed by atoms with van der Waals surface area (Å²) < 4.78 is 73.3. The number of aromatic nitrogens is 3. The Balaban J connectivity index is 1.33. The second-order valence-electron chi connectivity index (χ2n) is 8.08. The van der Waals surface area contributed by atoms with Crippen molar-refractivity contribution in [3.63, 3.8) is 0 Å². The number of ether oxygens (including phenoxy) is 1. The molecule has 11 heteroatoms. The van der Waals surface area contributed by atoms with Crippen LogP contribution < -0.4 is 4.74 Å². The number of hydrogen-bond donors (Lipinski definition) is 1. The predicted molar refractivity (Wildman–Crippen MR) is 122 cm³/mol. The Morgan fingerprint density at radius 3 is 2.61 bits per heavy atom. The summed E-state index contributed by atoms with van der Waals surface area (Å²) in [6.45, 7) is 0.603. The van der Waals surface area contributed by atoms with Gasteiger partial charge in [-0.15, -0.1) is 0 Å². The number of alkyl halides is 3. The van der Waals surface area contributed by atoms with Gasteiger partial charge < -0.3 is 9.72 Å². The van der Waals surface area contributed by atoms with Crippen molar-refractivity contribution in [2.75, 3.05) is 7.11 Å². The molecule has 0 bridgehead atoms. The molecular weight excluding hydrogens is 481 g/mol. The van der Waals surface area contributed by atoms with Gasteiger partial charge >= 0.3 is 6.18 Å². The molecule has 2 aromatic carbocycles. The molecule has 0 aliphatic carbocycles. The third-order valence-electron chi connectivity index (χ3n) is 5.70. The van der Waals surface area contributed by atoms with Crippen molar-refractivity contribution in [3.8, 4) is 28.4 Å². The van der Waals surface area contributed by atoms with Gasteiger partial charge in [-0.2, -0.15) is 18.3 Å². The van der Waals surface area contributed by atoms with Crippen molar-refractivity contribution in [1.29, 1.82) is 0 Å². The highest BCUT2D eigenvalue weighted by molar-refractivity contribution is 5.80. The number of halogens is 5. The summed E-state index contributed by atoms with van der Waals surface area (Å²) in [7, 11) is 1.30. The number of hydrazone groups is 1. The SMILES string of the molecule is COc1ccc(-c2ccc(CN3Cc4nc(-c5cccc(F)c5F)[nH]c4C=N3)cn2)c(C(F)(F)F)c1. The summed E-state index contributed by atoms with van der Waals surface area (Å²) in [5.41, 5.74) is 1.20. The first-order chi connectivity index (χ1) is 17.2. The molecule has 0 unspecified atom stereocenters. The highest BCUT2D eigenvalue weighted by Crippen LogP contribution is 2.38. The van der Waals surface area contributed by atoms with Crippen LogP contribution >= 0.6 is 0 Å². The number of pyridine rings is 1. The lowest BCUT2D eigenvalue weighted by atomic mass is 10.0. The molecule has 5 rings (SSSR count). The van der Waals surface area contributed by atoms with E-state index in [1.165, 1.54) is 49.9 Å². The number of rotatable bonds is 5. The Labute approximate surface area is 202 Å². The lowest BCUT2D eigenvalue weighted by Gasteiger charge is -2.21. The summed E-state index contributed by atoms with van der Waals surface area (Å²) in [6, 6.07) is 10.8. The van der Waals surface area contributed by atoms with Gasteiger partial charge in [0, 0.05) is 11.8 Å². The summed E-state index contributed by atoms with van der Waals surface area (Å²) in [4.78, 5) is 11.6. The fraction of sp³-hybridized carbons (Fsp3) is 0.160. The second kappa shape index (κ2) is 9.06. The molecule has 6 nitrogen and oxygen atoms in total. The molecule has 2 aromatic heterocycles. The Kier molecular flexibility index (Phi) is 5.91. The van der Waals surface area contributed by atoms with Gasteiger partial charge in [0.25, 0.3) is 0 Å². The van der Waals surface area contributed by atoms with E-state index in [-0.39, 0.29) is 34.9 Å². The van der Waals surface area contributed by atoms with E-state index < -0.39 is 23.4 Å². The van der Waals surface area contributed by atoms with Crippen LogP contribution in [0.4, 0.5) is 22.0 Å². The zero-order valence-corrected chi connectivity index (χ0v) is 18.8. The first-order valence-corrected chi connectivity index (χ1v) is 10.8. The Morgan fingerprint density at radius 2 is 1.89 bits per heavy atom. The van der Waals surface area contributed by atoms with Gasteiger partial charge in [-0.05, 0) is 42.0 Å². The maximum absolute atomic E-state index is 14.1. The number of H-pyrrole nitrogens is 1. The Bertz CT molecular complexity index is 1450. The highest BCUT2D eigenvalue weighted by atomic mass is 19.4. The van der Waals surface area contributed by atoms with Crippen molar-refractivity contribution < 1.29 is 26.7 Å². The van der Waals surface area contributed by atoms with E-state index in [4.69, 9.17) is 4.74 Å². The standard InChI is InChI=1S/C25H18F5N5O/c1-36-15-6-7-16(18(9-15)25(28,29)30)20-8-5-14(10-31-20)12-35-13-22-21(11-32-35)33-24(34-22)17-3-2-4-19(26)23(17)27/h2-11H,12-13H2,1H3,(H,33,34). The normalized spacial score (nSPS) is 13.1. The van der Waals surface area contributed by atoms with E-state index in [0.29, 0.717) is 23.5 Å². The van der Waals surface area contributed by atoms with E-state index in [2.05, 4.69) is 20.1 Å². The van der Waals surface area contributed by atoms with E-state index in [1.807, 2.05) is 0 Å². The molecule has 0 atom stereocenters. The molecule has 0 spiro atoms. The van der Waals surface area contributed by atoms with E-state index >= 15 is 0 Å². The summed E-state index contributed by atoms with van der Waals surface area (Å²) in [5.74, 6) is -1.66. The maximum atomic E-state index is 14.1. The van der Waals surface area contributed by atoms with Gasteiger partial charge in [-0.1, -0.05) is 12.1 Å². The third-order valence-corrected chi connectivity index (χ3v) is 5.70. The minimum atomic E-state index is -4.57. The minimum Gasteiger partial charge on any atom is -0.497 e. The van der Waals surface area contributed by atoms with Crippen LogP contribution in [0.2, 0.25) is 0 Å². The van der Waals surface area contributed by atoms with Gasteiger partial charge in [0.1, 0.15) is 11.6 Å². The average Bonchev–Trinajstić information content (AvgIpc) is 3.28. The van der Waals surface area contributed by atoms with Crippen molar-refractivity contribution >= 4 is 6.21 Å². The molecule has 36 heavy (non-hydrogen) atoms. The Hall–Kier alpha value is -4.28. The van der Waals surface area contributed by atoms with Crippen LogP contribution in [0.1, 0.15) is 22.5 Å². The van der Waals surface area contributed by atoms with Crippen LogP contribution in [0, 0.1) is 11.6 Å². The molecule has 1 aliphatic rings. The molecule has 0 amide bonds. The molecule has 0 saturated heterocycles. The fourth-order valence-corrected chi connectivity index (χ4v) is 3.91. The number of fused-ring (bicyclic) bond motifs is 1. The summed E-state index contributed by atoms with van der Waals surface area (Å²) in [6.07, 6.45) is -1.55. The fourth-order valence-electron chi connectivity index (χ4n) is 3.91. The third kappa shape index (κ3) is 4.51. The Morgan fingerprint density at radius 1 is 1.06 bits per heavy atom. The number of methoxy groups -OCH3 is 1. The van der Waals surface area contributed by atoms with Crippen LogP contribution in [0.15, 0.2) is 59.8 Å². The quantitative estimate of drug-likeness (QED) is 0.353. The molecule has 3 heterocycles. The largest absolute Gasteiger partial charge is 0.497 e. The minimum absolute atomic E-state index is 0.0147. The number of imidazole rings is 1. The van der Waals surface area contributed by atoms with Crippen molar-refractivity contribution in [3.05, 3.63) is 88.9 Å². The highest BCUT2D eigenvalue weighted by Gasteiger charge is 2.34. The van der Waals surface area contributed by atoms with Crippen molar-refractivity contribution in [2.24, 2.45) is 5.10 Å². The van der Waals surface area contributed by atoms with Gasteiger partial charge in [-0.25, -0.2) is 13.8 Å². The maximum Gasteiger partial charge on any atom is 0.417 e. The van der Waals surface area contributed by atoms with Crippen LogP contribution in [0.25, 0.3) is 22.6 Å². The molecule has 0 fully saturated rings. The molecular formula is C25H18F5N5O. The van der Waals surface area contributed by atoms with E-state index in [1.54, 1.807) is 11.1 Å². The van der Waals surface area contributed by atoms with Crippen molar-refractivity contribution in [2.45, 2.75) is 19.3 Å². The number of aromatic amines is 1. The number of nitrogens with zero attached hydrogens (tertiary/aromatic N) is 4. The lowest BCUT2D eigenvalue weighted by molar-refractivity contribution is -0.137. The van der Waals surface area contributed by atoms with Gasteiger partial charge in [0.2, 0.25) is 0 Å². The van der Waals surface area contributed by atoms with Crippen LogP contribution in [0.5, 0.6) is 5.75 Å². The summed E-state index contributed by atoms with van der Waals surface area (Å²) in [5, 5.41) is 6.02. The van der Waals surface area contributed by atoms with Gasteiger partial charge in [0.05, 0.1) is 54.6 Å². The number of benzene rings is 2. The zero-order chi connectivity index (χ0) is 25.4. The molecule has 1 aliphatic heterocycles. The molecule has 184 valence electrons. The van der Waals surface area contributed by atoms with Gasteiger partial charge in [-0.3, -0.25) is 9.99 Å². The molecule has 1 N–H and O–H groups in total. The lowest BCUT2D eigenvalue weighted by Crippen LogP contribution is -2.21. The smallest absolute Gasteiger partial charge is 0.417 e. The summed E-state index contributed by atoms with van der Waals surface area (Å²) >= 11 is 0. The first-order valence-electron chi connectivity index (χ1n) is 10.8. The first kappa shape index (κ1) is 23.5. The van der Waals surface area contributed by atoms with Gasteiger partial charge in [0.15, 0.2) is 11.6 Å². The molecule has 0 saturated carbocycles. The zero-order valence-electron chi connectivity index (χ0n) is 18.8. The van der Waals surface area contributed by atoms with Crippen molar-refractivity contribution in [1.82, 2.24) is 20.0 Å². The molecule has 4 aromatic rings. The topological polar surface area (TPSA) is 66.4 Å².